The summed E-state index contributed by atoms with van der Waals surface area (Å²) in [6.45, 7) is 2.26. The van der Waals surface area contributed by atoms with Crippen LogP contribution < -0.4 is 5.32 Å². The van der Waals surface area contributed by atoms with E-state index in [0.29, 0.717) is 16.7 Å². The summed E-state index contributed by atoms with van der Waals surface area (Å²) >= 11 is 7.69. The summed E-state index contributed by atoms with van der Waals surface area (Å²) in [4.78, 5) is 4.39. The first-order valence-corrected chi connectivity index (χ1v) is 7.71. The zero-order valence-corrected chi connectivity index (χ0v) is 11.9. The van der Waals surface area contributed by atoms with Gasteiger partial charge in [-0.3, -0.25) is 0 Å². The lowest BCUT2D eigenvalue weighted by atomic mass is 10.1. The molecule has 0 spiro atoms. The van der Waals surface area contributed by atoms with Gasteiger partial charge in [0.15, 0.2) is 0 Å². The highest BCUT2D eigenvalue weighted by Crippen LogP contribution is 2.21. The quantitative estimate of drug-likeness (QED) is 0.919. The fraction of sp³-hybridized carbons (Fsp3) is 0.385. The maximum atomic E-state index is 5.85. The minimum atomic E-state index is 0.623. The van der Waals surface area contributed by atoms with E-state index in [1.807, 2.05) is 36.0 Å². The summed E-state index contributed by atoms with van der Waals surface area (Å²) in [6.07, 6.45) is 0. The molecule has 1 saturated heterocycles. The van der Waals surface area contributed by atoms with E-state index in [-0.39, 0.29) is 0 Å². The van der Waals surface area contributed by atoms with Crippen molar-refractivity contribution in [2.45, 2.75) is 5.75 Å². The fourth-order valence-corrected chi connectivity index (χ4v) is 2.91. The number of hydrogen-bond donors (Lipinski definition) is 1. The Kier molecular flexibility index (Phi) is 4.06. The van der Waals surface area contributed by atoms with Gasteiger partial charge in [0, 0.05) is 10.6 Å². The highest BCUT2D eigenvalue weighted by molar-refractivity contribution is 7.98. The Morgan fingerprint density at radius 2 is 2.11 bits per heavy atom. The van der Waals surface area contributed by atoms with Crippen LogP contribution in [0.25, 0.3) is 11.4 Å². The predicted octanol–water partition coefficient (Wildman–Crippen LogP) is 2.84. The molecule has 0 bridgehead atoms. The molecule has 1 aromatic carbocycles. The predicted molar refractivity (Wildman–Crippen MR) is 77.3 cm³/mol. The zero-order valence-electron chi connectivity index (χ0n) is 10.3. The van der Waals surface area contributed by atoms with Gasteiger partial charge in [0.2, 0.25) is 11.7 Å². The number of nitrogens with zero attached hydrogens (tertiary/aromatic N) is 2. The standard InChI is InChI=1S/C13H14ClN3OS/c14-11-3-1-10(2-4-11)13-16-12(18-17-13)8-19-7-9-5-15-6-9/h1-4,9,15H,5-8H2. The van der Waals surface area contributed by atoms with E-state index in [4.69, 9.17) is 16.1 Å². The maximum absolute atomic E-state index is 5.85. The Morgan fingerprint density at radius 3 is 2.79 bits per heavy atom. The van der Waals surface area contributed by atoms with Crippen molar-refractivity contribution in [3.63, 3.8) is 0 Å². The van der Waals surface area contributed by atoms with Gasteiger partial charge < -0.3 is 9.84 Å². The van der Waals surface area contributed by atoms with Crippen LogP contribution in [0.2, 0.25) is 5.02 Å². The Morgan fingerprint density at radius 1 is 1.32 bits per heavy atom. The number of thioether (sulfide) groups is 1. The second kappa shape index (κ2) is 5.94. The lowest BCUT2D eigenvalue weighted by molar-refractivity contribution is 0.382. The van der Waals surface area contributed by atoms with E-state index in [0.717, 1.165) is 36.1 Å². The number of nitrogens with one attached hydrogen (secondary N) is 1. The number of halogens is 1. The van der Waals surface area contributed by atoms with Crippen molar-refractivity contribution < 1.29 is 4.52 Å². The molecule has 4 nitrogen and oxygen atoms in total. The Labute approximate surface area is 120 Å². The largest absolute Gasteiger partial charge is 0.338 e. The lowest BCUT2D eigenvalue weighted by Crippen LogP contribution is -2.43. The monoisotopic (exact) mass is 295 g/mol. The van der Waals surface area contributed by atoms with E-state index in [1.54, 1.807) is 0 Å². The minimum Gasteiger partial charge on any atom is -0.338 e. The maximum Gasteiger partial charge on any atom is 0.236 e. The second-order valence-corrected chi connectivity index (χ2v) is 6.02. The molecular formula is C13H14ClN3OS. The van der Waals surface area contributed by atoms with Gasteiger partial charge in [0.1, 0.15) is 0 Å². The topological polar surface area (TPSA) is 51.0 Å². The van der Waals surface area contributed by atoms with E-state index >= 15 is 0 Å². The normalized spacial score (nSPS) is 15.4. The first-order valence-electron chi connectivity index (χ1n) is 6.18. The molecule has 2 heterocycles. The van der Waals surface area contributed by atoms with E-state index in [1.165, 1.54) is 0 Å². The lowest BCUT2D eigenvalue weighted by Gasteiger charge is -2.26. The summed E-state index contributed by atoms with van der Waals surface area (Å²) in [5, 5.41) is 7.96. The molecule has 19 heavy (non-hydrogen) atoms. The summed E-state index contributed by atoms with van der Waals surface area (Å²) in [7, 11) is 0. The molecule has 2 aromatic rings. The summed E-state index contributed by atoms with van der Waals surface area (Å²) in [5.74, 6) is 4.02. The third-order valence-corrected chi connectivity index (χ3v) is 4.43. The molecule has 1 aliphatic rings. The molecule has 0 saturated carbocycles. The number of rotatable bonds is 5. The van der Waals surface area contributed by atoms with Crippen LogP contribution in [0.3, 0.4) is 0 Å². The average Bonchev–Trinajstić information content (AvgIpc) is 2.82. The summed E-state index contributed by atoms with van der Waals surface area (Å²) < 4.78 is 5.25. The first kappa shape index (κ1) is 13.0. The van der Waals surface area contributed by atoms with Crippen molar-refractivity contribution in [1.82, 2.24) is 15.5 Å². The van der Waals surface area contributed by atoms with Crippen molar-refractivity contribution in [2.75, 3.05) is 18.8 Å². The van der Waals surface area contributed by atoms with Crippen molar-refractivity contribution in [2.24, 2.45) is 5.92 Å². The van der Waals surface area contributed by atoms with Gasteiger partial charge in [-0.15, -0.1) is 0 Å². The molecule has 1 N–H and O–H groups in total. The molecule has 6 heteroatoms. The van der Waals surface area contributed by atoms with Gasteiger partial charge in [-0.25, -0.2) is 0 Å². The number of benzene rings is 1. The molecule has 1 fully saturated rings. The molecule has 100 valence electrons. The molecule has 0 aliphatic carbocycles. The molecule has 3 rings (SSSR count). The van der Waals surface area contributed by atoms with E-state index in [2.05, 4.69) is 15.5 Å². The highest BCUT2D eigenvalue weighted by atomic mass is 35.5. The van der Waals surface area contributed by atoms with Crippen LogP contribution in [0.1, 0.15) is 5.89 Å². The third-order valence-electron chi connectivity index (χ3n) is 3.02. The SMILES string of the molecule is Clc1ccc(-c2noc(CSCC3CNC3)n2)cc1. The van der Waals surface area contributed by atoms with Gasteiger partial charge in [-0.05, 0) is 49.0 Å². The second-order valence-electron chi connectivity index (χ2n) is 4.56. The first-order chi connectivity index (χ1) is 9.31. The van der Waals surface area contributed by atoms with Crippen LogP contribution in [0, 0.1) is 5.92 Å². The smallest absolute Gasteiger partial charge is 0.236 e. The molecule has 0 radical (unpaired) electrons. The Balaban J connectivity index is 1.57. The van der Waals surface area contributed by atoms with E-state index in [9.17, 15) is 0 Å². The number of aromatic nitrogens is 2. The third kappa shape index (κ3) is 3.29. The van der Waals surface area contributed by atoms with Gasteiger partial charge >= 0.3 is 0 Å². The van der Waals surface area contributed by atoms with Gasteiger partial charge in [0.05, 0.1) is 5.75 Å². The van der Waals surface area contributed by atoms with Gasteiger partial charge in [-0.1, -0.05) is 16.8 Å². The molecule has 0 amide bonds. The van der Waals surface area contributed by atoms with Gasteiger partial charge in [-0.2, -0.15) is 16.7 Å². The van der Waals surface area contributed by atoms with Crippen LogP contribution >= 0.6 is 23.4 Å². The summed E-state index contributed by atoms with van der Waals surface area (Å²) in [6, 6.07) is 7.44. The molecule has 0 atom stereocenters. The Hall–Kier alpha value is -1.04. The number of hydrogen-bond acceptors (Lipinski definition) is 5. The van der Waals surface area contributed by atoms with Crippen LogP contribution in [0.15, 0.2) is 28.8 Å². The molecular weight excluding hydrogens is 282 g/mol. The average molecular weight is 296 g/mol. The Bertz CT molecular complexity index is 539. The highest BCUT2D eigenvalue weighted by Gasteiger charge is 2.17. The fourth-order valence-electron chi connectivity index (χ4n) is 1.81. The molecule has 1 aromatic heterocycles. The summed E-state index contributed by atoms with van der Waals surface area (Å²) in [5.41, 5.74) is 0.924. The van der Waals surface area contributed by atoms with Crippen LogP contribution in [-0.4, -0.2) is 29.0 Å². The van der Waals surface area contributed by atoms with Crippen LogP contribution in [0.4, 0.5) is 0 Å². The van der Waals surface area contributed by atoms with Crippen molar-refractivity contribution in [1.29, 1.82) is 0 Å². The zero-order chi connectivity index (χ0) is 13.1. The van der Waals surface area contributed by atoms with Crippen molar-refractivity contribution in [3.05, 3.63) is 35.2 Å². The van der Waals surface area contributed by atoms with Gasteiger partial charge in [0.25, 0.3) is 0 Å². The minimum absolute atomic E-state index is 0.623. The molecule has 1 aliphatic heterocycles. The van der Waals surface area contributed by atoms with Crippen LogP contribution in [0.5, 0.6) is 0 Å². The van der Waals surface area contributed by atoms with Crippen LogP contribution in [-0.2, 0) is 5.75 Å². The van der Waals surface area contributed by atoms with E-state index < -0.39 is 0 Å². The molecule has 0 unspecified atom stereocenters. The van der Waals surface area contributed by atoms with Crippen molar-refractivity contribution >= 4 is 23.4 Å². The van der Waals surface area contributed by atoms with Crippen molar-refractivity contribution in [3.8, 4) is 11.4 Å².